The van der Waals surface area contributed by atoms with E-state index in [0.29, 0.717) is 0 Å². The van der Waals surface area contributed by atoms with Crippen LogP contribution in [0.4, 0.5) is 0 Å². The predicted octanol–water partition coefficient (Wildman–Crippen LogP) is 0.805. The molecule has 12 heavy (non-hydrogen) atoms. The van der Waals surface area contributed by atoms with Gasteiger partial charge in [-0.2, -0.15) is 0 Å². The summed E-state index contributed by atoms with van der Waals surface area (Å²) in [5.41, 5.74) is 1.80. The summed E-state index contributed by atoms with van der Waals surface area (Å²) in [5.74, 6) is 0. The molecule has 0 unspecified atom stereocenters. The minimum atomic E-state index is -0.701. The standard InChI is InChI=1S/C10H10O2/c11-9-6-8(10(9)12)7-4-2-1-3-5-7/h1-6,9-12H/t9-,10+/m1/s1. The molecule has 2 rings (SSSR count). The number of rotatable bonds is 1. The first kappa shape index (κ1) is 7.53. The van der Waals surface area contributed by atoms with Crippen molar-refractivity contribution in [1.29, 1.82) is 0 Å². The van der Waals surface area contributed by atoms with Crippen LogP contribution in [-0.4, -0.2) is 22.4 Å². The third-order valence-electron chi connectivity index (χ3n) is 2.10. The molecule has 0 amide bonds. The maximum Gasteiger partial charge on any atom is 0.109 e. The monoisotopic (exact) mass is 162 g/mol. The van der Waals surface area contributed by atoms with Crippen LogP contribution in [0.5, 0.6) is 0 Å². The van der Waals surface area contributed by atoms with Gasteiger partial charge in [0, 0.05) is 0 Å². The Kier molecular flexibility index (Phi) is 1.71. The van der Waals surface area contributed by atoms with Crippen LogP contribution >= 0.6 is 0 Å². The minimum Gasteiger partial charge on any atom is -0.386 e. The number of benzene rings is 1. The highest BCUT2D eigenvalue weighted by atomic mass is 16.3. The van der Waals surface area contributed by atoms with E-state index in [-0.39, 0.29) is 0 Å². The Morgan fingerprint density at radius 2 is 1.67 bits per heavy atom. The van der Waals surface area contributed by atoms with Gasteiger partial charge in [0.25, 0.3) is 0 Å². The molecule has 0 spiro atoms. The van der Waals surface area contributed by atoms with Gasteiger partial charge in [0.15, 0.2) is 0 Å². The van der Waals surface area contributed by atoms with Crippen LogP contribution in [0.2, 0.25) is 0 Å². The van der Waals surface area contributed by atoms with Gasteiger partial charge in [0.05, 0.1) is 0 Å². The van der Waals surface area contributed by atoms with Gasteiger partial charge in [0.1, 0.15) is 12.2 Å². The van der Waals surface area contributed by atoms with Crippen molar-refractivity contribution >= 4 is 5.57 Å². The summed E-state index contributed by atoms with van der Waals surface area (Å²) in [4.78, 5) is 0. The first-order valence-corrected chi connectivity index (χ1v) is 3.92. The molecule has 0 radical (unpaired) electrons. The molecule has 1 aliphatic carbocycles. The zero-order valence-electron chi connectivity index (χ0n) is 6.51. The van der Waals surface area contributed by atoms with Gasteiger partial charge in [-0.15, -0.1) is 0 Å². The van der Waals surface area contributed by atoms with E-state index in [1.165, 1.54) is 0 Å². The molecule has 2 N–H and O–H groups in total. The lowest BCUT2D eigenvalue weighted by atomic mass is 9.86. The van der Waals surface area contributed by atoms with E-state index in [9.17, 15) is 5.11 Å². The lowest BCUT2D eigenvalue weighted by Crippen LogP contribution is -2.34. The van der Waals surface area contributed by atoms with Crippen molar-refractivity contribution in [3.63, 3.8) is 0 Å². The van der Waals surface area contributed by atoms with Crippen molar-refractivity contribution in [2.24, 2.45) is 0 Å². The molecule has 0 fully saturated rings. The summed E-state index contributed by atoms with van der Waals surface area (Å²) in [7, 11) is 0. The van der Waals surface area contributed by atoms with Crippen LogP contribution in [0, 0.1) is 0 Å². The molecule has 0 heterocycles. The van der Waals surface area contributed by atoms with Crippen LogP contribution in [-0.2, 0) is 0 Å². The average Bonchev–Trinajstić information content (AvgIpc) is 2.15. The largest absolute Gasteiger partial charge is 0.386 e. The van der Waals surface area contributed by atoms with Crippen LogP contribution < -0.4 is 0 Å². The first-order valence-electron chi connectivity index (χ1n) is 3.92. The number of aliphatic hydroxyl groups is 2. The Morgan fingerprint density at radius 1 is 1.00 bits per heavy atom. The Hall–Kier alpha value is -1.12. The van der Waals surface area contributed by atoms with Gasteiger partial charge in [-0.1, -0.05) is 30.3 Å². The fraction of sp³-hybridized carbons (Fsp3) is 0.200. The molecule has 2 nitrogen and oxygen atoms in total. The summed E-state index contributed by atoms with van der Waals surface area (Å²) < 4.78 is 0. The molecular weight excluding hydrogens is 152 g/mol. The molecule has 0 saturated carbocycles. The number of aliphatic hydroxyl groups excluding tert-OH is 2. The van der Waals surface area contributed by atoms with E-state index in [2.05, 4.69) is 0 Å². The predicted molar refractivity (Wildman–Crippen MR) is 46.4 cm³/mol. The summed E-state index contributed by atoms with van der Waals surface area (Å²) >= 11 is 0. The van der Waals surface area contributed by atoms with Crippen LogP contribution in [0.25, 0.3) is 5.57 Å². The zero-order chi connectivity index (χ0) is 8.55. The summed E-state index contributed by atoms with van der Waals surface area (Å²) in [5, 5.41) is 18.3. The second-order valence-electron chi connectivity index (χ2n) is 2.92. The van der Waals surface area contributed by atoms with Gasteiger partial charge >= 0.3 is 0 Å². The quantitative estimate of drug-likeness (QED) is 0.641. The van der Waals surface area contributed by atoms with E-state index >= 15 is 0 Å². The second kappa shape index (κ2) is 2.73. The van der Waals surface area contributed by atoms with Crippen LogP contribution in [0.3, 0.4) is 0 Å². The highest BCUT2D eigenvalue weighted by Crippen LogP contribution is 2.29. The molecule has 0 aromatic heterocycles. The SMILES string of the molecule is O[C@@H]1C=C(c2ccccc2)[C@@H]1O. The smallest absolute Gasteiger partial charge is 0.109 e. The molecular formula is C10H10O2. The Bertz CT molecular complexity index is 303. The minimum absolute atomic E-state index is 0.680. The van der Waals surface area contributed by atoms with Crippen molar-refractivity contribution < 1.29 is 10.2 Å². The van der Waals surface area contributed by atoms with Crippen molar-refractivity contribution in [3.05, 3.63) is 42.0 Å². The average molecular weight is 162 g/mol. The summed E-state index contributed by atoms with van der Waals surface area (Å²) in [6.07, 6.45) is 0.285. The normalized spacial score (nSPS) is 27.7. The lowest BCUT2D eigenvalue weighted by molar-refractivity contribution is 0.0690. The van der Waals surface area contributed by atoms with Crippen molar-refractivity contribution in [3.8, 4) is 0 Å². The highest BCUT2D eigenvalue weighted by molar-refractivity contribution is 5.75. The Balaban J connectivity index is 2.29. The molecule has 1 aromatic rings. The lowest BCUT2D eigenvalue weighted by Gasteiger charge is -2.28. The third kappa shape index (κ3) is 1.05. The Labute approximate surface area is 70.8 Å². The fourth-order valence-corrected chi connectivity index (χ4v) is 1.34. The molecule has 2 atom stereocenters. The van der Waals surface area contributed by atoms with E-state index < -0.39 is 12.2 Å². The molecule has 0 bridgehead atoms. The van der Waals surface area contributed by atoms with Gasteiger partial charge in [-0.3, -0.25) is 0 Å². The molecule has 1 aliphatic rings. The van der Waals surface area contributed by atoms with E-state index in [0.717, 1.165) is 11.1 Å². The van der Waals surface area contributed by atoms with E-state index in [1.807, 2.05) is 30.3 Å². The van der Waals surface area contributed by atoms with Gasteiger partial charge in [-0.25, -0.2) is 0 Å². The van der Waals surface area contributed by atoms with E-state index in [1.54, 1.807) is 6.08 Å². The topological polar surface area (TPSA) is 40.5 Å². The summed E-state index contributed by atoms with van der Waals surface area (Å²) in [6.45, 7) is 0. The maximum atomic E-state index is 9.31. The van der Waals surface area contributed by atoms with Crippen molar-refractivity contribution in [2.75, 3.05) is 0 Å². The second-order valence-corrected chi connectivity index (χ2v) is 2.92. The van der Waals surface area contributed by atoms with Crippen molar-refractivity contribution in [2.45, 2.75) is 12.2 Å². The first-order chi connectivity index (χ1) is 5.79. The van der Waals surface area contributed by atoms with Gasteiger partial charge in [-0.05, 0) is 17.2 Å². The maximum absolute atomic E-state index is 9.31. The van der Waals surface area contributed by atoms with Crippen LogP contribution in [0.15, 0.2) is 36.4 Å². The van der Waals surface area contributed by atoms with Gasteiger partial charge in [0.2, 0.25) is 0 Å². The van der Waals surface area contributed by atoms with E-state index in [4.69, 9.17) is 5.11 Å². The molecule has 1 aromatic carbocycles. The molecule has 0 saturated heterocycles. The van der Waals surface area contributed by atoms with Crippen molar-refractivity contribution in [1.82, 2.24) is 0 Å². The molecule has 0 aliphatic heterocycles. The number of hydrogen-bond acceptors (Lipinski definition) is 2. The van der Waals surface area contributed by atoms with Crippen LogP contribution in [0.1, 0.15) is 5.56 Å². The highest BCUT2D eigenvalue weighted by Gasteiger charge is 2.29. The molecule has 62 valence electrons. The fourth-order valence-electron chi connectivity index (χ4n) is 1.34. The summed E-state index contributed by atoms with van der Waals surface area (Å²) in [6, 6.07) is 9.58. The molecule has 2 heteroatoms. The van der Waals surface area contributed by atoms with Gasteiger partial charge < -0.3 is 10.2 Å². The zero-order valence-corrected chi connectivity index (χ0v) is 6.51. The number of hydrogen-bond donors (Lipinski definition) is 2. The third-order valence-corrected chi connectivity index (χ3v) is 2.10. The Morgan fingerprint density at radius 3 is 2.17 bits per heavy atom.